The number of nitrogens with zero attached hydrogens (tertiary/aromatic N) is 3. The van der Waals surface area contributed by atoms with Crippen molar-refractivity contribution in [2.24, 2.45) is 0 Å². The van der Waals surface area contributed by atoms with Crippen LogP contribution in [0.25, 0.3) is 33.5 Å². The molecule has 28 heavy (non-hydrogen) atoms. The minimum Gasteiger partial charge on any atom is -0.344 e. The van der Waals surface area contributed by atoms with Crippen LogP contribution >= 0.6 is 0 Å². The third kappa shape index (κ3) is 3.28. The van der Waals surface area contributed by atoms with Crippen LogP contribution in [0.15, 0.2) is 53.6 Å². The zero-order valence-corrected chi connectivity index (χ0v) is 17.3. The molecule has 0 unspecified atom stereocenters. The molecule has 0 aliphatic rings. The molecule has 0 atom stereocenters. The van der Waals surface area contributed by atoms with E-state index in [2.05, 4.69) is 47.2 Å². The zero-order valence-electron chi connectivity index (χ0n) is 17.3. The first-order valence-corrected chi connectivity index (χ1v) is 9.98. The number of hydrogen-bond donors (Lipinski definition) is 1. The molecule has 0 saturated carbocycles. The van der Waals surface area contributed by atoms with Crippen molar-refractivity contribution in [3.63, 3.8) is 0 Å². The highest BCUT2D eigenvalue weighted by atomic mass is 16.1. The summed E-state index contributed by atoms with van der Waals surface area (Å²) in [4.78, 5) is 20.4. The molecule has 0 aliphatic heterocycles. The first kappa shape index (κ1) is 19.7. The second-order valence-corrected chi connectivity index (χ2v) is 6.47. The van der Waals surface area contributed by atoms with Crippen LogP contribution < -0.4 is 5.69 Å². The third-order valence-electron chi connectivity index (χ3n) is 4.87. The van der Waals surface area contributed by atoms with Gasteiger partial charge in [0.15, 0.2) is 0 Å². The maximum Gasteiger partial charge on any atom is 0.329 e. The van der Waals surface area contributed by atoms with Crippen LogP contribution in [0.3, 0.4) is 0 Å². The molecule has 0 fully saturated rings. The van der Waals surface area contributed by atoms with Crippen molar-refractivity contribution in [1.29, 1.82) is 0 Å². The number of H-pyrrole nitrogens is 1. The van der Waals surface area contributed by atoms with Gasteiger partial charge in [0.25, 0.3) is 0 Å². The van der Waals surface area contributed by atoms with E-state index in [1.807, 2.05) is 49.0 Å². The standard InChI is InChI=1S/C21H22N4O.C2H6/c1-4-24-17-10-9-16(12-18(17)25(5-2)21(24)26)20-19(22-13-23-20)15-8-6-7-14(3)11-15;1-2/h6-13H,4-5H2,1-3H3,(H,22,23);1-2H3. The Morgan fingerprint density at radius 1 is 0.929 bits per heavy atom. The Labute approximate surface area is 165 Å². The zero-order chi connectivity index (χ0) is 20.3. The summed E-state index contributed by atoms with van der Waals surface area (Å²) in [5.74, 6) is 0. The van der Waals surface area contributed by atoms with E-state index in [-0.39, 0.29) is 5.69 Å². The van der Waals surface area contributed by atoms with Gasteiger partial charge in [-0.15, -0.1) is 0 Å². The van der Waals surface area contributed by atoms with Gasteiger partial charge >= 0.3 is 5.69 Å². The molecule has 4 aromatic rings. The van der Waals surface area contributed by atoms with E-state index in [0.717, 1.165) is 33.5 Å². The number of fused-ring (bicyclic) bond motifs is 1. The Morgan fingerprint density at radius 2 is 1.64 bits per heavy atom. The normalized spacial score (nSPS) is 10.8. The summed E-state index contributed by atoms with van der Waals surface area (Å²) >= 11 is 0. The minimum atomic E-state index is 0.0469. The van der Waals surface area contributed by atoms with Gasteiger partial charge in [0.05, 0.1) is 28.7 Å². The quantitative estimate of drug-likeness (QED) is 0.530. The summed E-state index contributed by atoms with van der Waals surface area (Å²) in [6, 6.07) is 14.5. The lowest BCUT2D eigenvalue weighted by Crippen LogP contribution is -2.22. The molecule has 4 rings (SSSR count). The second-order valence-electron chi connectivity index (χ2n) is 6.47. The number of aromatic amines is 1. The first-order valence-electron chi connectivity index (χ1n) is 9.98. The summed E-state index contributed by atoms with van der Waals surface area (Å²) in [7, 11) is 0. The van der Waals surface area contributed by atoms with Crippen molar-refractivity contribution >= 4 is 11.0 Å². The molecule has 0 bridgehead atoms. The van der Waals surface area contributed by atoms with E-state index in [0.29, 0.717) is 13.1 Å². The van der Waals surface area contributed by atoms with Crippen LogP contribution in [0.4, 0.5) is 0 Å². The van der Waals surface area contributed by atoms with Gasteiger partial charge in [-0.3, -0.25) is 9.13 Å². The fourth-order valence-electron chi connectivity index (χ4n) is 3.61. The number of aryl methyl sites for hydroxylation is 3. The SMILES string of the molecule is CC.CCn1c(=O)n(CC)c2cc(-c3[nH]cnc3-c3cccc(C)c3)ccc21. The number of rotatable bonds is 4. The Balaban J connectivity index is 0.00000109. The van der Waals surface area contributed by atoms with E-state index >= 15 is 0 Å². The van der Waals surface area contributed by atoms with Crippen LogP contribution in [0, 0.1) is 6.92 Å². The van der Waals surface area contributed by atoms with Gasteiger partial charge in [-0.05, 0) is 39.0 Å². The number of hydrogen-bond acceptors (Lipinski definition) is 2. The van der Waals surface area contributed by atoms with Crippen LogP contribution in [0.2, 0.25) is 0 Å². The lowest BCUT2D eigenvalue weighted by Gasteiger charge is -2.06. The Bertz CT molecular complexity index is 1150. The van der Waals surface area contributed by atoms with Crippen LogP contribution in [-0.2, 0) is 13.1 Å². The largest absolute Gasteiger partial charge is 0.344 e. The maximum absolute atomic E-state index is 12.6. The average molecular weight is 377 g/mol. The van der Waals surface area contributed by atoms with Gasteiger partial charge in [-0.2, -0.15) is 0 Å². The Hall–Kier alpha value is -3.08. The minimum absolute atomic E-state index is 0.0469. The first-order chi connectivity index (χ1) is 13.6. The molecule has 5 nitrogen and oxygen atoms in total. The lowest BCUT2D eigenvalue weighted by molar-refractivity contribution is 0.671. The van der Waals surface area contributed by atoms with Crippen LogP contribution in [0.5, 0.6) is 0 Å². The van der Waals surface area contributed by atoms with Gasteiger partial charge in [-0.25, -0.2) is 9.78 Å². The topological polar surface area (TPSA) is 55.6 Å². The molecular weight excluding hydrogens is 348 g/mol. The summed E-state index contributed by atoms with van der Waals surface area (Å²) in [6.45, 7) is 11.4. The van der Waals surface area contributed by atoms with Gasteiger partial charge < -0.3 is 4.98 Å². The van der Waals surface area contributed by atoms with Crippen molar-refractivity contribution in [3.05, 3.63) is 64.8 Å². The fraction of sp³-hybridized carbons (Fsp3) is 0.304. The monoisotopic (exact) mass is 376 g/mol. The van der Waals surface area contributed by atoms with Crippen molar-refractivity contribution in [1.82, 2.24) is 19.1 Å². The van der Waals surface area contributed by atoms with Crippen molar-refractivity contribution < 1.29 is 0 Å². The molecule has 0 radical (unpaired) electrons. The molecule has 2 aromatic carbocycles. The molecule has 0 saturated heterocycles. The molecule has 5 heteroatoms. The molecule has 146 valence electrons. The summed E-state index contributed by atoms with van der Waals surface area (Å²) in [6.07, 6.45) is 1.72. The highest BCUT2D eigenvalue weighted by Gasteiger charge is 2.15. The lowest BCUT2D eigenvalue weighted by atomic mass is 10.0. The molecular formula is C23H28N4O. The number of benzene rings is 2. The second kappa shape index (κ2) is 8.30. The highest BCUT2D eigenvalue weighted by molar-refractivity contribution is 5.86. The predicted molar refractivity (Wildman–Crippen MR) is 117 cm³/mol. The van der Waals surface area contributed by atoms with Crippen LogP contribution in [0.1, 0.15) is 33.3 Å². The van der Waals surface area contributed by atoms with E-state index in [1.165, 1.54) is 5.56 Å². The molecule has 0 aliphatic carbocycles. The van der Waals surface area contributed by atoms with Gasteiger partial charge in [0.1, 0.15) is 0 Å². The molecule has 0 spiro atoms. The summed E-state index contributed by atoms with van der Waals surface area (Å²) in [5, 5.41) is 0. The van der Waals surface area contributed by atoms with E-state index in [1.54, 1.807) is 6.33 Å². The number of imidazole rings is 2. The average Bonchev–Trinajstić information content (AvgIpc) is 3.31. The number of nitrogens with one attached hydrogen (secondary N) is 1. The molecule has 0 amide bonds. The van der Waals surface area contributed by atoms with E-state index < -0.39 is 0 Å². The van der Waals surface area contributed by atoms with Crippen molar-refractivity contribution in [2.45, 2.75) is 47.7 Å². The van der Waals surface area contributed by atoms with Crippen molar-refractivity contribution in [3.8, 4) is 22.5 Å². The van der Waals surface area contributed by atoms with Gasteiger partial charge in [0, 0.05) is 24.2 Å². The fourth-order valence-corrected chi connectivity index (χ4v) is 3.61. The number of aromatic nitrogens is 4. The molecule has 2 aromatic heterocycles. The predicted octanol–water partition coefficient (Wildman–Crippen LogP) is 5.23. The Kier molecular flexibility index (Phi) is 5.83. The van der Waals surface area contributed by atoms with Crippen LogP contribution in [-0.4, -0.2) is 19.1 Å². The van der Waals surface area contributed by atoms with Gasteiger partial charge in [-0.1, -0.05) is 43.7 Å². The van der Waals surface area contributed by atoms with E-state index in [9.17, 15) is 4.79 Å². The highest BCUT2D eigenvalue weighted by Crippen LogP contribution is 2.31. The Morgan fingerprint density at radius 3 is 2.32 bits per heavy atom. The molecule has 1 N–H and O–H groups in total. The third-order valence-corrected chi connectivity index (χ3v) is 4.87. The van der Waals surface area contributed by atoms with E-state index in [4.69, 9.17) is 0 Å². The maximum atomic E-state index is 12.6. The smallest absolute Gasteiger partial charge is 0.329 e. The molecule has 2 heterocycles. The van der Waals surface area contributed by atoms with Crippen molar-refractivity contribution in [2.75, 3.05) is 0 Å². The summed E-state index contributed by atoms with van der Waals surface area (Å²) in [5.41, 5.74) is 7.19. The van der Waals surface area contributed by atoms with Gasteiger partial charge in [0.2, 0.25) is 0 Å². The summed E-state index contributed by atoms with van der Waals surface area (Å²) < 4.78 is 3.64.